The van der Waals surface area contributed by atoms with E-state index in [-0.39, 0.29) is 30.5 Å². The average Bonchev–Trinajstić information content (AvgIpc) is 3.15. The van der Waals surface area contributed by atoms with Crippen molar-refractivity contribution < 1.29 is 19.1 Å². The number of thioether (sulfide) groups is 1. The Morgan fingerprint density at radius 1 is 1.13 bits per heavy atom. The van der Waals surface area contributed by atoms with Crippen molar-refractivity contribution in [3.05, 3.63) is 76.8 Å². The zero-order valence-electron chi connectivity index (χ0n) is 16.3. The Hall–Kier alpha value is -2.88. The minimum Gasteiger partial charge on any atom is -0.390 e. The van der Waals surface area contributed by atoms with Gasteiger partial charge in [-0.3, -0.25) is 9.59 Å². The van der Waals surface area contributed by atoms with Crippen molar-refractivity contribution in [1.82, 2.24) is 14.9 Å². The van der Waals surface area contributed by atoms with Gasteiger partial charge in [0.25, 0.3) is 0 Å². The Bertz CT molecular complexity index is 1060. The molecule has 0 aliphatic carbocycles. The highest BCUT2D eigenvalue weighted by atomic mass is 35.5. The lowest BCUT2D eigenvalue weighted by Crippen LogP contribution is -2.28. The molecule has 162 valence electrons. The maximum atomic E-state index is 13.7. The highest BCUT2D eigenvalue weighted by Crippen LogP contribution is 2.20. The van der Waals surface area contributed by atoms with Crippen molar-refractivity contribution >= 4 is 40.9 Å². The number of hydrogen-bond acceptors (Lipinski definition) is 5. The third kappa shape index (κ3) is 6.55. The van der Waals surface area contributed by atoms with Gasteiger partial charge in [-0.15, -0.1) is 0 Å². The van der Waals surface area contributed by atoms with Crippen molar-refractivity contribution in [3.63, 3.8) is 0 Å². The molecule has 2 aromatic carbocycles. The molecule has 1 heterocycles. The molecule has 3 rings (SSSR count). The highest BCUT2D eigenvalue weighted by molar-refractivity contribution is 7.99. The molecule has 7 nitrogen and oxygen atoms in total. The number of rotatable bonds is 9. The Balaban J connectivity index is 1.57. The molecular formula is C21H20ClFN4O3S. The predicted octanol–water partition coefficient (Wildman–Crippen LogP) is 3.22. The summed E-state index contributed by atoms with van der Waals surface area (Å²) < 4.78 is 15.2. The van der Waals surface area contributed by atoms with Gasteiger partial charge in [-0.1, -0.05) is 47.6 Å². The van der Waals surface area contributed by atoms with E-state index in [0.717, 1.165) is 17.3 Å². The van der Waals surface area contributed by atoms with Gasteiger partial charge in [-0.2, -0.15) is 0 Å². The van der Waals surface area contributed by atoms with E-state index in [2.05, 4.69) is 15.6 Å². The van der Waals surface area contributed by atoms with Crippen LogP contribution in [-0.2, 0) is 29.3 Å². The number of imidazole rings is 1. The van der Waals surface area contributed by atoms with E-state index < -0.39 is 11.7 Å². The van der Waals surface area contributed by atoms with Crippen molar-refractivity contribution in [2.45, 2.75) is 24.9 Å². The summed E-state index contributed by atoms with van der Waals surface area (Å²) in [6.45, 7) is -0.0487. The quantitative estimate of drug-likeness (QED) is 0.424. The lowest BCUT2D eigenvalue weighted by Gasteiger charge is -2.11. The fraction of sp³-hybridized carbons (Fsp3) is 0.190. The highest BCUT2D eigenvalue weighted by Gasteiger charge is 2.15. The summed E-state index contributed by atoms with van der Waals surface area (Å²) in [6, 6.07) is 13.0. The molecule has 0 atom stereocenters. The molecule has 0 saturated carbocycles. The van der Waals surface area contributed by atoms with Crippen LogP contribution in [0.3, 0.4) is 0 Å². The number of aromatic nitrogens is 2. The monoisotopic (exact) mass is 462 g/mol. The molecule has 2 amide bonds. The molecule has 0 unspecified atom stereocenters. The number of nitrogens with one attached hydrogen (secondary N) is 2. The second-order valence-electron chi connectivity index (χ2n) is 6.50. The van der Waals surface area contributed by atoms with E-state index >= 15 is 0 Å². The van der Waals surface area contributed by atoms with Gasteiger partial charge >= 0.3 is 0 Å². The largest absolute Gasteiger partial charge is 0.390 e. The van der Waals surface area contributed by atoms with Gasteiger partial charge in [0.2, 0.25) is 11.8 Å². The van der Waals surface area contributed by atoms with Crippen LogP contribution in [0.15, 0.2) is 59.9 Å². The Morgan fingerprint density at radius 3 is 2.58 bits per heavy atom. The van der Waals surface area contributed by atoms with E-state index in [1.54, 1.807) is 18.2 Å². The van der Waals surface area contributed by atoms with Gasteiger partial charge < -0.3 is 20.3 Å². The van der Waals surface area contributed by atoms with E-state index in [9.17, 15) is 19.1 Å². The summed E-state index contributed by atoms with van der Waals surface area (Å²) in [4.78, 5) is 28.7. The van der Waals surface area contributed by atoms with Gasteiger partial charge in [0.05, 0.1) is 29.9 Å². The summed E-state index contributed by atoms with van der Waals surface area (Å²) in [5, 5.41) is 15.8. The van der Waals surface area contributed by atoms with Crippen molar-refractivity contribution in [2.75, 3.05) is 11.1 Å². The smallest absolute Gasteiger partial charge is 0.240 e. The molecule has 0 bridgehead atoms. The average molecular weight is 463 g/mol. The van der Waals surface area contributed by atoms with E-state index in [4.69, 9.17) is 11.6 Å². The van der Waals surface area contributed by atoms with Crippen molar-refractivity contribution in [1.29, 1.82) is 0 Å². The molecule has 0 spiro atoms. The van der Waals surface area contributed by atoms with Gasteiger partial charge in [0.15, 0.2) is 5.16 Å². The van der Waals surface area contributed by atoms with Crippen LogP contribution < -0.4 is 10.6 Å². The van der Waals surface area contributed by atoms with Crippen LogP contribution in [0.5, 0.6) is 0 Å². The first-order valence-electron chi connectivity index (χ1n) is 9.30. The first-order chi connectivity index (χ1) is 15.0. The topological polar surface area (TPSA) is 96.2 Å². The number of hydrogen-bond donors (Lipinski definition) is 3. The van der Waals surface area contributed by atoms with Crippen LogP contribution in [0, 0.1) is 5.82 Å². The summed E-state index contributed by atoms with van der Waals surface area (Å²) in [5.41, 5.74) is 1.43. The first-order valence-corrected chi connectivity index (χ1v) is 10.7. The number of amides is 2. The van der Waals surface area contributed by atoms with Crippen LogP contribution in [0.2, 0.25) is 5.02 Å². The van der Waals surface area contributed by atoms with Crippen LogP contribution in [0.1, 0.15) is 11.3 Å². The SMILES string of the molecule is O=C(Cn1c(CO)cnc1SCC(=O)Nc1ccccc1F)NCc1ccc(Cl)cc1. The normalized spacial score (nSPS) is 10.7. The second-order valence-corrected chi connectivity index (χ2v) is 7.88. The molecular weight excluding hydrogens is 443 g/mol. The van der Waals surface area contributed by atoms with Crippen molar-refractivity contribution in [3.8, 4) is 0 Å². The Labute approximate surface area is 187 Å². The summed E-state index contributed by atoms with van der Waals surface area (Å²) in [5.74, 6) is -1.26. The van der Waals surface area contributed by atoms with E-state index in [0.29, 0.717) is 22.4 Å². The third-order valence-electron chi connectivity index (χ3n) is 4.25. The van der Waals surface area contributed by atoms with E-state index in [1.165, 1.54) is 29.0 Å². The molecule has 0 fully saturated rings. The van der Waals surface area contributed by atoms with Crippen molar-refractivity contribution in [2.24, 2.45) is 0 Å². The summed E-state index contributed by atoms with van der Waals surface area (Å²) >= 11 is 6.94. The number of anilines is 1. The van der Waals surface area contributed by atoms with Crippen LogP contribution in [-0.4, -0.2) is 32.2 Å². The first kappa shape index (κ1) is 22.8. The van der Waals surface area contributed by atoms with Gasteiger partial charge in [-0.05, 0) is 29.8 Å². The summed E-state index contributed by atoms with van der Waals surface area (Å²) in [7, 11) is 0. The lowest BCUT2D eigenvalue weighted by molar-refractivity contribution is -0.122. The Kier molecular flexibility index (Phi) is 8.05. The molecule has 3 aromatic rings. The fourth-order valence-corrected chi connectivity index (χ4v) is 3.61. The number of aliphatic hydroxyl groups excluding tert-OH is 1. The van der Waals surface area contributed by atoms with Gasteiger partial charge in [0.1, 0.15) is 12.4 Å². The number of benzene rings is 2. The minimum atomic E-state index is -0.526. The molecule has 3 N–H and O–H groups in total. The molecule has 0 saturated heterocycles. The number of aliphatic hydroxyl groups is 1. The number of carbonyl (C=O) groups is 2. The van der Waals surface area contributed by atoms with Crippen LogP contribution in [0.4, 0.5) is 10.1 Å². The number of para-hydroxylation sites is 1. The number of nitrogens with zero attached hydrogens (tertiary/aromatic N) is 2. The van der Waals surface area contributed by atoms with Gasteiger partial charge in [0, 0.05) is 11.6 Å². The zero-order valence-corrected chi connectivity index (χ0v) is 17.9. The molecule has 0 aliphatic heterocycles. The third-order valence-corrected chi connectivity index (χ3v) is 5.49. The van der Waals surface area contributed by atoms with Crippen LogP contribution >= 0.6 is 23.4 Å². The molecule has 10 heteroatoms. The molecule has 1 aromatic heterocycles. The van der Waals surface area contributed by atoms with E-state index in [1.807, 2.05) is 12.1 Å². The second kappa shape index (κ2) is 10.9. The zero-order chi connectivity index (χ0) is 22.2. The van der Waals surface area contributed by atoms with Gasteiger partial charge in [-0.25, -0.2) is 9.37 Å². The fourth-order valence-electron chi connectivity index (χ4n) is 2.68. The maximum Gasteiger partial charge on any atom is 0.240 e. The molecule has 0 radical (unpaired) electrons. The number of carbonyl (C=O) groups excluding carboxylic acids is 2. The van der Waals surface area contributed by atoms with Crippen LogP contribution in [0.25, 0.3) is 0 Å². The summed E-state index contributed by atoms with van der Waals surface area (Å²) in [6.07, 6.45) is 1.45. The number of halogens is 2. The Morgan fingerprint density at radius 2 is 1.87 bits per heavy atom. The predicted molar refractivity (Wildman–Crippen MR) is 117 cm³/mol. The molecule has 31 heavy (non-hydrogen) atoms. The standard InChI is InChI=1S/C21H20ClFN4O3S/c22-15-7-5-14(6-8-15)9-24-19(29)11-27-16(12-28)10-25-21(27)31-13-20(30)26-18-4-2-1-3-17(18)23/h1-8,10,28H,9,11-13H2,(H,24,29)(H,26,30). The molecule has 0 aliphatic rings. The minimum absolute atomic E-state index is 0.0391. The lowest BCUT2D eigenvalue weighted by atomic mass is 10.2. The maximum absolute atomic E-state index is 13.7.